The zero-order chi connectivity index (χ0) is 14.7. The van der Waals surface area contributed by atoms with Gasteiger partial charge in [0.1, 0.15) is 5.82 Å². The molecule has 1 fully saturated rings. The van der Waals surface area contributed by atoms with Crippen LogP contribution in [-0.2, 0) is 0 Å². The molecule has 0 bridgehead atoms. The predicted molar refractivity (Wildman–Crippen MR) is 78.8 cm³/mol. The SMILES string of the molecule is O=C(c1ccncc1)N1CCN(c2ccccc2F)CC1. The monoisotopic (exact) mass is 285 g/mol. The summed E-state index contributed by atoms with van der Waals surface area (Å²) in [6, 6.07) is 10.2. The van der Waals surface area contributed by atoms with E-state index in [4.69, 9.17) is 0 Å². The lowest BCUT2D eigenvalue weighted by Crippen LogP contribution is -2.49. The fourth-order valence-corrected chi connectivity index (χ4v) is 2.54. The van der Waals surface area contributed by atoms with Crippen molar-refractivity contribution in [2.45, 2.75) is 0 Å². The molecular weight excluding hydrogens is 269 g/mol. The van der Waals surface area contributed by atoms with Crippen LogP contribution in [-0.4, -0.2) is 42.0 Å². The van der Waals surface area contributed by atoms with Gasteiger partial charge in [-0.1, -0.05) is 12.1 Å². The Labute approximate surface area is 122 Å². The summed E-state index contributed by atoms with van der Waals surface area (Å²) in [5.74, 6) is -0.211. The zero-order valence-corrected chi connectivity index (χ0v) is 11.6. The minimum absolute atomic E-state index is 0.00517. The van der Waals surface area contributed by atoms with E-state index in [1.54, 1.807) is 41.6 Å². The minimum atomic E-state index is -0.216. The number of nitrogens with zero attached hydrogens (tertiary/aromatic N) is 3. The second-order valence-electron chi connectivity index (χ2n) is 4.97. The normalized spacial score (nSPS) is 15.1. The molecule has 2 aromatic rings. The van der Waals surface area contributed by atoms with E-state index in [1.165, 1.54) is 6.07 Å². The second kappa shape index (κ2) is 5.91. The van der Waals surface area contributed by atoms with Gasteiger partial charge in [-0.3, -0.25) is 9.78 Å². The van der Waals surface area contributed by atoms with Crippen LogP contribution in [0.15, 0.2) is 48.8 Å². The lowest BCUT2D eigenvalue weighted by Gasteiger charge is -2.36. The first-order valence-electron chi connectivity index (χ1n) is 6.94. The first-order chi connectivity index (χ1) is 10.3. The van der Waals surface area contributed by atoms with E-state index in [0.29, 0.717) is 37.4 Å². The van der Waals surface area contributed by atoms with E-state index in [0.717, 1.165) is 0 Å². The van der Waals surface area contributed by atoms with Crippen LogP contribution >= 0.6 is 0 Å². The molecule has 0 spiro atoms. The molecule has 1 amide bonds. The Balaban J connectivity index is 1.66. The fourth-order valence-electron chi connectivity index (χ4n) is 2.54. The van der Waals surface area contributed by atoms with Crippen LogP contribution in [0.25, 0.3) is 0 Å². The second-order valence-corrected chi connectivity index (χ2v) is 4.97. The Hall–Kier alpha value is -2.43. The summed E-state index contributed by atoms with van der Waals surface area (Å²) in [6.45, 7) is 2.46. The van der Waals surface area contributed by atoms with E-state index >= 15 is 0 Å². The molecule has 5 heteroatoms. The molecule has 108 valence electrons. The van der Waals surface area contributed by atoms with Crippen molar-refractivity contribution in [1.29, 1.82) is 0 Å². The maximum atomic E-state index is 13.8. The highest BCUT2D eigenvalue weighted by molar-refractivity contribution is 5.94. The summed E-state index contributed by atoms with van der Waals surface area (Å²) in [7, 11) is 0. The molecule has 0 unspecified atom stereocenters. The van der Waals surface area contributed by atoms with E-state index in [1.807, 2.05) is 11.0 Å². The average molecular weight is 285 g/mol. The van der Waals surface area contributed by atoms with Crippen LogP contribution in [0.5, 0.6) is 0 Å². The van der Waals surface area contributed by atoms with Crippen molar-refractivity contribution in [1.82, 2.24) is 9.88 Å². The van der Waals surface area contributed by atoms with Crippen LogP contribution in [0.3, 0.4) is 0 Å². The quantitative estimate of drug-likeness (QED) is 0.848. The standard InChI is InChI=1S/C16H16FN3O/c17-14-3-1-2-4-15(14)19-9-11-20(12-10-19)16(21)13-5-7-18-8-6-13/h1-8H,9-12H2. The first-order valence-corrected chi connectivity index (χ1v) is 6.94. The summed E-state index contributed by atoms with van der Waals surface area (Å²) < 4.78 is 13.8. The predicted octanol–water partition coefficient (Wildman–Crippen LogP) is 2.18. The highest BCUT2D eigenvalue weighted by Gasteiger charge is 2.23. The summed E-state index contributed by atoms with van der Waals surface area (Å²) in [5, 5.41) is 0. The van der Waals surface area contributed by atoms with Gasteiger partial charge in [-0.15, -0.1) is 0 Å². The Morgan fingerprint density at radius 2 is 1.67 bits per heavy atom. The van der Waals surface area contributed by atoms with Gasteiger partial charge in [0.05, 0.1) is 5.69 Å². The lowest BCUT2D eigenvalue weighted by atomic mass is 10.2. The van der Waals surface area contributed by atoms with Crippen molar-refractivity contribution in [3.8, 4) is 0 Å². The molecule has 0 saturated carbocycles. The smallest absolute Gasteiger partial charge is 0.254 e. The number of pyridine rings is 1. The summed E-state index contributed by atoms with van der Waals surface area (Å²) in [5.41, 5.74) is 1.25. The molecule has 1 aromatic carbocycles. The van der Waals surface area contributed by atoms with Gasteiger partial charge < -0.3 is 9.80 Å². The third-order valence-electron chi connectivity index (χ3n) is 3.69. The average Bonchev–Trinajstić information content (AvgIpc) is 2.56. The number of piperazine rings is 1. The third kappa shape index (κ3) is 2.86. The molecule has 1 aliphatic heterocycles. The van der Waals surface area contributed by atoms with Gasteiger partial charge in [0.2, 0.25) is 0 Å². The summed E-state index contributed by atoms with van der Waals surface area (Å²) in [6.07, 6.45) is 3.23. The van der Waals surface area contributed by atoms with Crippen LogP contribution < -0.4 is 4.90 Å². The number of carbonyl (C=O) groups excluding carboxylic acids is 1. The summed E-state index contributed by atoms with van der Waals surface area (Å²) in [4.78, 5) is 20.0. The Morgan fingerprint density at radius 3 is 2.33 bits per heavy atom. The van der Waals surface area contributed by atoms with Crippen molar-refractivity contribution in [2.75, 3.05) is 31.1 Å². The van der Waals surface area contributed by atoms with Crippen molar-refractivity contribution in [3.63, 3.8) is 0 Å². The number of carbonyl (C=O) groups is 1. The minimum Gasteiger partial charge on any atom is -0.366 e. The van der Waals surface area contributed by atoms with Gasteiger partial charge in [-0.05, 0) is 24.3 Å². The number of amides is 1. The molecule has 0 radical (unpaired) electrons. The topological polar surface area (TPSA) is 36.4 Å². The van der Waals surface area contributed by atoms with Crippen molar-refractivity contribution in [3.05, 3.63) is 60.2 Å². The largest absolute Gasteiger partial charge is 0.366 e. The molecule has 21 heavy (non-hydrogen) atoms. The fraction of sp³-hybridized carbons (Fsp3) is 0.250. The van der Waals surface area contributed by atoms with Crippen LogP contribution in [0, 0.1) is 5.82 Å². The number of hydrogen-bond donors (Lipinski definition) is 0. The number of anilines is 1. The van der Waals surface area contributed by atoms with Crippen LogP contribution in [0.1, 0.15) is 10.4 Å². The molecule has 0 N–H and O–H groups in total. The number of halogens is 1. The maximum Gasteiger partial charge on any atom is 0.254 e. The Kier molecular flexibility index (Phi) is 3.81. The lowest BCUT2D eigenvalue weighted by molar-refractivity contribution is 0.0746. The number of benzene rings is 1. The van der Waals surface area contributed by atoms with Gasteiger partial charge in [-0.2, -0.15) is 0 Å². The van der Waals surface area contributed by atoms with E-state index in [9.17, 15) is 9.18 Å². The molecule has 4 nitrogen and oxygen atoms in total. The number of rotatable bonds is 2. The van der Waals surface area contributed by atoms with Gasteiger partial charge in [0.25, 0.3) is 5.91 Å². The molecule has 1 aromatic heterocycles. The van der Waals surface area contributed by atoms with E-state index in [-0.39, 0.29) is 11.7 Å². The van der Waals surface area contributed by atoms with E-state index in [2.05, 4.69) is 4.98 Å². The zero-order valence-electron chi connectivity index (χ0n) is 11.6. The third-order valence-corrected chi connectivity index (χ3v) is 3.69. The first kappa shape index (κ1) is 13.5. The van der Waals surface area contributed by atoms with Crippen LogP contribution in [0.4, 0.5) is 10.1 Å². The Bertz CT molecular complexity index is 624. The molecule has 0 atom stereocenters. The molecular formula is C16H16FN3O. The molecule has 0 aliphatic carbocycles. The number of aromatic nitrogens is 1. The van der Waals surface area contributed by atoms with Crippen LogP contribution in [0.2, 0.25) is 0 Å². The van der Waals surface area contributed by atoms with E-state index < -0.39 is 0 Å². The van der Waals surface area contributed by atoms with Crippen molar-refractivity contribution >= 4 is 11.6 Å². The molecule has 2 heterocycles. The Morgan fingerprint density at radius 1 is 1.00 bits per heavy atom. The molecule has 1 saturated heterocycles. The maximum absolute atomic E-state index is 13.8. The van der Waals surface area contributed by atoms with Crippen molar-refractivity contribution < 1.29 is 9.18 Å². The van der Waals surface area contributed by atoms with Gasteiger partial charge in [0, 0.05) is 44.1 Å². The highest BCUT2D eigenvalue weighted by Crippen LogP contribution is 2.20. The van der Waals surface area contributed by atoms with Gasteiger partial charge in [0.15, 0.2) is 0 Å². The number of hydrogen-bond acceptors (Lipinski definition) is 3. The van der Waals surface area contributed by atoms with Crippen molar-refractivity contribution in [2.24, 2.45) is 0 Å². The molecule has 1 aliphatic rings. The summed E-state index contributed by atoms with van der Waals surface area (Å²) >= 11 is 0. The van der Waals surface area contributed by atoms with Gasteiger partial charge >= 0.3 is 0 Å². The molecule has 3 rings (SSSR count). The number of para-hydroxylation sites is 1. The van der Waals surface area contributed by atoms with Gasteiger partial charge in [-0.25, -0.2) is 4.39 Å². The highest BCUT2D eigenvalue weighted by atomic mass is 19.1.